The van der Waals surface area contributed by atoms with Crippen molar-refractivity contribution < 1.29 is 19.5 Å². The van der Waals surface area contributed by atoms with Crippen LogP contribution in [0.15, 0.2) is 97.1 Å². The summed E-state index contributed by atoms with van der Waals surface area (Å²) >= 11 is 0. The van der Waals surface area contributed by atoms with Crippen LogP contribution in [0.2, 0.25) is 6.82 Å². The van der Waals surface area contributed by atoms with Crippen LogP contribution in [-0.2, 0) is 6.61 Å². The Bertz CT molecular complexity index is 1160. The van der Waals surface area contributed by atoms with Crippen LogP contribution in [-0.4, -0.2) is 23.9 Å². The molecule has 0 spiro atoms. The minimum absolute atomic E-state index is 0.426. The Labute approximate surface area is 195 Å². The number of rotatable bonds is 8. The van der Waals surface area contributed by atoms with Crippen LogP contribution in [0, 0.1) is 6.92 Å². The predicted octanol–water partition coefficient (Wildman–Crippen LogP) is 3.28. The molecule has 0 aliphatic rings. The van der Waals surface area contributed by atoms with E-state index in [1.807, 2.05) is 104 Å². The first-order valence-electron chi connectivity index (χ1n) is 11.0. The van der Waals surface area contributed by atoms with Gasteiger partial charge in [-0.3, -0.25) is 0 Å². The van der Waals surface area contributed by atoms with E-state index < -0.39 is 13.8 Å². The zero-order valence-corrected chi connectivity index (χ0v) is 18.8. The van der Waals surface area contributed by atoms with Crippen molar-refractivity contribution in [1.29, 1.82) is 0 Å². The van der Waals surface area contributed by atoms with Gasteiger partial charge in [0, 0.05) is 0 Å². The Morgan fingerprint density at radius 1 is 0.606 bits per heavy atom. The van der Waals surface area contributed by atoms with Gasteiger partial charge >= 0.3 is 13.8 Å². The highest BCUT2D eigenvalue weighted by Crippen LogP contribution is 2.20. The number of hydrogen-bond donors (Lipinski definition) is 2. The van der Waals surface area contributed by atoms with Gasteiger partial charge in [0.25, 0.3) is 0 Å². The minimum atomic E-state index is -0.721. The molecule has 164 valence electrons. The third-order valence-electron chi connectivity index (χ3n) is 5.52. The molecule has 0 bridgehead atoms. The van der Waals surface area contributed by atoms with Crippen LogP contribution in [0.4, 0.5) is 0 Å². The lowest BCUT2D eigenvalue weighted by molar-refractivity contribution is 0.306. The van der Waals surface area contributed by atoms with Crippen LogP contribution in [0.3, 0.4) is 0 Å². The van der Waals surface area contributed by atoms with E-state index in [2.05, 4.69) is 0 Å². The second-order valence-electron chi connectivity index (χ2n) is 8.16. The van der Waals surface area contributed by atoms with E-state index >= 15 is 0 Å². The zero-order valence-electron chi connectivity index (χ0n) is 18.8. The zero-order chi connectivity index (χ0) is 23.2. The Morgan fingerprint density at radius 2 is 1.06 bits per heavy atom. The molecule has 0 fully saturated rings. The molecule has 4 nitrogen and oxygen atoms in total. The molecule has 0 unspecified atom stereocenters. The molecule has 0 saturated carbocycles. The molecule has 4 aromatic carbocycles. The van der Waals surface area contributed by atoms with Crippen LogP contribution in [0.1, 0.15) is 11.1 Å². The first kappa shape index (κ1) is 22.7. The van der Waals surface area contributed by atoms with E-state index in [-0.39, 0.29) is 0 Å². The number of benzene rings is 4. The average Bonchev–Trinajstić information content (AvgIpc) is 2.85. The fourth-order valence-corrected chi connectivity index (χ4v) is 3.46. The summed E-state index contributed by atoms with van der Waals surface area (Å²) in [7, 11) is 0. The molecule has 0 amide bonds. The summed E-state index contributed by atoms with van der Waals surface area (Å²) in [6, 6.07) is 30.5. The molecule has 0 aliphatic heterocycles. The quantitative estimate of drug-likeness (QED) is 0.417. The molecule has 0 heterocycles. The maximum absolute atomic E-state index is 10.8. The summed E-state index contributed by atoms with van der Waals surface area (Å²) in [6.45, 7) is 2.99. The van der Waals surface area contributed by atoms with Crippen LogP contribution >= 0.6 is 0 Å². The SMILES string of the molecule is CB(O)c1ccc(OCc2ccc(B(O)c3ccc(Oc4ccc(C)cc4)cc3)cc2)cc1. The van der Waals surface area contributed by atoms with Gasteiger partial charge in [0.2, 0.25) is 0 Å². The molecular weight excluding hydrogens is 410 g/mol. The van der Waals surface area contributed by atoms with Crippen molar-refractivity contribution in [3.8, 4) is 17.2 Å². The van der Waals surface area contributed by atoms with Crippen molar-refractivity contribution in [2.45, 2.75) is 20.4 Å². The van der Waals surface area contributed by atoms with E-state index in [9.17, 15) is 10.0 Å². The highest BCUT2D eigenvalue weighted by molar-refractivity contribution is 6.78. The lowest BCUT2D eigenvalue weighted by atomic mass is 9.56. The molecule has 0 aromatic heterocycles. The second kappa shape index (κ2) is 10.4. The Morgan fingerprint density at radius 3 is 1.61 bits per heavy atom. The van der Waals surface area contributed by atoms with Crippen molar-refractivity contribution in [2.75, 3.05) is 0 Å². The normalized spacial score (nSPS) is 10.5. The third-order valence-corrected chi connectivity index (χ3v) is 5.52. The number of ether oxygens (including phenoxy) is 2. The largest absolute Gasteiger partial charge is 0.489 e. The molecule has 0 atom stereocenters. The summed E-state index contributed by atoms with van der Waals surface area (Å²) < 4.78 is 11.7. The van der Waals surface area contributed by atoms with Crippen LogP contribution in [0.5, 0.6) is 17.2 Å². The first-order chi connectivity index (χ1) is 16.0. The summed E-state index contributed by atoms with van der Waals surface area (Å²) in [4.78, 5) is 0. The van der Waals surface area contributed by atoms with Gasteiger partial charge in [0.15, 0.2) is 0 Å². The van der Waals surface area contributed by atoms with Gasteiger partial charge in [0.05, 0.1) is 0 Å². The van der Waals surface area contributed by atoms with Crippen molar-refractivity contribution in [1.82, 2.24) is 0 Å². The highest BCUT2D eigenvalue weighted by atomic mass is 16.5. The van der Waals surface area contributed by atoms with Gasteiger partial charge in [-0.15, -0.1) is 0 Å². The molecule has 2 N–H and O–H groups in total. The topological polar surface area (TPSA) is 58.9 Å². The van der Waals surface area contributed by atoms with E-state index in [1.165, 1.54) is 5.56 Å². The van der Waals surface area contributed by atoms with Crippen LogP contribution in [0.25, 0.3) is 0 Å². The van der Waals surface area contributed by atoms with Crippen LogP contribution < -0.4 is 25.9 Å². The molecule has 4 rings (SSSR count). The summed E-state index contributed by atoms with van der Waals surface area (Å²) in [6.07, 6.45) is 0. The van der Waals surface area contributed by atoms with Gasteiger partial charge < -0.3 is 19.5 Å². The van der Waals surface area contributed by atoms with E-state index in [1.54, 1.807) is 6.82 Å². The summed E-state index contributed by atoms with van der Waals surface area (Å²) in [5, 5.41) is 20.4. The smallest absolute Gasteiger partial charge is 0.358 e. The highest BCUT2D eigenvalue weighted by Gasteiger charge is 2.17. The molecule has 4 aromatic rings. The van der Waals surface area contributed by atoms with Gasteiger partial charge in [-0.1, -0.05) is 73.1 Å². The van der Waals surface area contributed by atoms with Gasteiger partial charge in [-0.25, -0.2) is 0 Å². The second-order valence-corrected chi connectivity index (χ2v) is 8.16. The molecular formula is C27H26B2O4. The van der Waals surface area contributed by atoms with E-state index in [4.69, 9.17) is 9.47 Å². The minimum Gasteiger partial charge on any atom is -0.489 e. The van der Waals surface area contributed by atoms with Crippen molar-refractivity contribution >= 4 is 30.2 Å². The summed E-state index contributed by atoms with van der Waals surface area (Å²) in [5.74, 6) is 2.26. The monoisotopic (exact) mass is 436 g/mol. The fraction of sp³-hybridized carbons (Fsp3) is 0.111. The van der Waals surface area contributed by atoms with Crippen molar-refractivity contribution in [2.24, 2.45) is 0 Å². The fourth-order valence-electron chi connectivity index (χ4n) is 3.46. The standard InChI is InChI=1S/C27H26B2O4/c1-20-3-13-26(14-4-20)33-27-17-11-24(12-18-27)29(31)23-7-5-21(6-8-23)19-32-25-15-9-22(10-16-25)28(2)30/h3-18,30-31H,19H2,1-2H3. The first-order valence-corrected chi connectivity index (χ1v) is 11.0. The predicted molar refractivity (Wildman–Crippen MR) is 136 cm³/mol. The lowest BCUT2D eigenvalue weighted by Crippen LogP contribution is -2.42. The van der Waals surface area contributed by atoms with E-state index in [0.29, 0.717) is 6.61 Å². The number of aryl methyl sites for hydroxylation is 1. The lowest BCUT2D eigenvalue weighted by Gasteiger charge is -2.11. The Hall–Kier alpha value is -3.47. The number of hydrogen-bond acceptors (Lipinski definition) is 4. The van der Waals surface area contributed by atoms with Gasteiger partial charge in [-0.2, -0.15) is 0 Å². The van der Waals surface area contributed by atoms with Crippen molar-refractivity contribution in [3.63, 3.8) is 0 Å². The maximum Gasteiger partial charge on any atom is 0.358 e. The molecule has 6 heteroatoms. The van der Waals surface area contributed by atoms with Gasteiger partial charge in [-0.05, 0) is 65.3 Å². The van der Waals surface area contributed by atoms with Crippen molar-refractivity contribution in [3.05, 3.63) is 108 Å². The molecule has 0 aliphatic carbocycles. The maximum atomic E-state index is 10.8. The molecule has 0 saturated heterocycles. The molecule has 33 heavy (non-hydrogen) atoms. The third kappa shape index (κ3) is 6.07. The van der Waals surface area contributed by atoms with Gasteiger partial charge in [0.1, 0.15) is 23.9 Å². The molecule has 0 radical (unpaired) electrons. The average molecular weight is 436 g/mol. The Kier molecular flexibility index (Phi) is 7.18. The Balaban J connectivity index is 1.34. The summed E-state index contributed by atoms with van der Waals surface area (Å²) in [5.41, 5.74) is 4.66. The van der Waals surface area contributed by atoms with E-state index in [0.717, 1.165) is 39.2 Å².